The predicted octanol–water partition coefficient (Wildman–Crippen LogP) is 6.68. The Hall–Kier alpha value is -4.09. The number of benzene rings is 4. The van der Waals surface area contributed by atoms with E-state index < -0.39 is 24.0 Å². The number of carbonyl (C=O) groups is 2. The molecule has 0 aromatic heterocycles. The number of aliphatic hydroxyl groups is 2. The van der Waals surface area contributed by atoms with Crippen LogP contribution >= 0.6 is 11.6 Å². The van der Waals surface area contributed by atoms with Gasteiger partial charge >= 0.3 is 6.03 Å². The first-order chi connectivity index (χ1) is 24.2. The molecular weight excluding hydrogens is 654 g/mol. The molecule has 4 N–H and O–H groups in total. The summed E-state index contributed by atoms with van der Waals surface area (Å²) in [5.41, 5.74) is 4.03. The number of anilines is 1. The van der Waals surface area contributed by atoms with Crippen LogP contribution in [-0.4, -0.2) is 58.7 Å². The lowest BCUT2D eigenvalue weighted by Gasteiger charge is -2.42. The van der Waals surface area contributed by atoms with Crippen molar-refractivity contribution in [3.05, 3.63) is 136 Å². The second-order valence-electron chi connectivity index (χ2n) is 13.3. The molecule has 2 heterocycles. The van der Waals surface area contributed by atoms with E-state index in [1.54, 1.807) is 6.07 Å². The molecule has 2 amide bonds. The molecule has 262 valence electrons. The quantitative estimate of drug-likeness (QED) is 0.138. The van der Waals surface area contributed by atoms with E-state index in [0.29, 0.717) is 56.0 Å². The van der Waals surface area contributed by atoms with Gasteiger partial charge in [-0.15, -0.1) is 0 Å². The van der Waals surface area contributed by atoms with Gasteiger partial charge in [0.1, 0.15) is 0 Å². The van der Waals surface area contributed by atoms with Crippen LogP contribution in [0.2, 0.25) is 5.02 Å². The minimum Gasteiger partial charge on any atom is -0.392 e. The number of hydrogen-bond acceptors (Lipinski definition) is 7. The molecule has 1 unspecified atom stereocenters. The summed E-state index contributed by atoms with van der Waals surface area (Å²) >= 11 is 6.08. The molecule has 0 spiro atoms. The zero-order valence-corrected chi connectivity index (χ0v) is 28.9. The predicted molar refractivity (Wildman–Crippen MR) is 193 cm³/mol. The fraction of sp³-hybridized carbons (Fsp3) is 0.350. The molecule has 0 aliphatic carbocycles. The van der Waals surface area contributed by atoms with Crippen LogP contribution in [0.3, 0.4) is 0 Å². The Morgan fingerprint density at radius 1 is 0.900 bits per heavy atom. The first-order valence-corrected chi connectivity index (χ1v) is 17.5. The van der Waals surface area contributed by atoms with Crippen LogP contribution in [0, 0.1) is 0 Å². The number of nitrogens with one attached hydrogen (secondary N) is 2. The summed E-state index contributed by atoms with van der Waals surface area (Å²) in [4.78, 5) is 27.7. The zero-order chi connectivity index (χ0) is 35.1. The third-order valence-corrected chi connectivity index (χ3v) is 9.89. The molecule has 10 heteroatoms. The lowest BCUT2D eigenvalue weighted by atomic mass is 9.84. The van der Waals surface area contributed by atoms with Crippen LogP contribution in [0.1, 0.15) is 66.4 Å². The summed E-state index contributed by atoms with van der Waals surface area (Å²) in [5, 5.41) is 27.3. The lowest BCUT2D eigenvalue weighted by Crippen LogP contribution is -2.46. The molecule has 2 fully saturated rings. The van der Waals surface area contributed by atoms with Gasteiger partial charge in [0.05, 0.1) is 30.5 Å². The average Bonchev–Trinajstić information content (AvgIpc) is 3.13. The van der Waals surface area contributed by atoms with Crippen LogP contribution in [-0.2, 0) is 32.9 Å². The van der Waals surface area contributed by atoms with Crippen molar-refractivity contribution in [3.63, 3.8) is 0 Å². The molecule has 2 aliphatic rings. The third-order valence-electron chi connectivity index (χ3n) is 9.64. The van der Waals surface area contributed by atoms with Gasteiger partial charge in [-0.2, -0.15) is 0 Å². The Morgan fingerprint density at radius 3 is 2.30 bits per heavy atom. The molecule has 4 atom stereocenters. The maximum absolute atomic E-state index is 13.0. The highest BCUT2D eigenvalue weighted by atomic mass is 35.5. The van der Waals surface area contributed by atoms with Crippen molar-refractivity contribution in [2.24, 2.45) is 0 Å². The van der Waals surface area contributed by atoms with Gasteiger partial charge in [-0.25, -0.2) is 4.79 Å². The highest BCUT2D eigenvalue weighted by Crippen LogP contribution is 2.40. The summed E-state index contributed by atoms with van der Waals surface area (Å²) < 4.78 is 13.1. The molecule has 4 aromatic rings. The van der Waals surface area contributed by atoms with Gasteiger partial charge in [-0.3, -0.25) is 4.79 Å². The van der Waals surface area contributed by atoms with Gasteiger partial charge in [-0.1, -0.05) is 90.5 Å². The molecule has 2 saturated heterocycles. The van der Waals surface area contributed by atoms with Gasteiger partial charge in [0.15, 0.2) is 12.1 Å². The Morgan fingerprint density at radius 2 is 1.62 bits per heavy atom. The van der Waals surface area contributed by atoms with Crippen LogP contribution in [0.5, 0.6) is 0 Å². The summed E-state index contributed by atoms with van der Waals surface area (Å²) in [6.45, 7) is 3.52. The number of ketones is 1. The van der Waals surface area contributed by atoms with E-state index in [0.717, 1.165) is 27.8 Å². The lowest BCUT2D eigenvalue weighted by molar-refractivity contribution is -0.253. The molecule has 9 nitrogen and oxygen atoms in total. The minimum atomic E-state index is -0.900. The Bertz CT molecular complexity index is 1730. The van der Waals surface area contributed by atoms with E-state index in [9.17, 15) is 19.8 Å². The fourth-order valence-corrected chi connectivity index (χ4v) is 6.84. The number of amides is 2. The van der Waals surface area contributed by atoms with Crippen molar-refractivity contribution in [1.29, 1.82) is 0 Å². The number of ether oxygens (including phenoxy) is 2. The third kappa shape index (κ3) is 9.17. The highest BCUT2D eigenvalue weighted by molar-refractivity contribution is 6.30. The minimum absolute atomic E-state index is 0.0374. The summed E-state index contributed by atoms with van der Waals surface area (Å²) in [6, 6.07) is 31.0. The van der Waals surface area contributed by atoms with Crippen LogP contribution < -0.4 is 10.6 Å². The number of halogens is 1. The van der Waals surface area contributed by atoms with E-state index in [1.165, 1.54) is 6.92 Å². The van der Waals surface area contributed by atoms with Crippen molar-refractivity contribution < 1.29 is 29.3 Å². The standard InChI is InChI=1S/C40H44ClN3O6/c1-27(46)36(22-28-6-3-2-4-7-28)43-39(47)42-34-9-5-8-31(23-34)38-49-35(24-37(50-38)30-12-10-29(26-45)11-13-30)25-44-20-18-40(48,19-21-44)32-14-16-33(41)17-15-32/h2-17,23,35-38,45,48H,18-22,24-26H2,1H3,(H2,42,43,47)/t35-,36+,37+,38?/m0/s1. The van der Waals surface area contributed by atoms with Crippen molar-refractivity contribution >= 4 is 29.1 Å². The number of Topliss-reactive ketones (excluding diaryl/α,β-unsaturated/α-hetero) is 1. The number of hydrogen-bond donors (Lipinski definition) is 4. The van der Waals surface area contributed by atoms with Crippen molar-refractivity contribution in [2.75, 3.05) is 25.0 Å². The number of rotatable bonds is 11. The number of piperidine rings is 1. The monoisotopic (exact) mass is 697 g/mol. The van der Waals surface area contributed by atoms with Gasteiger partial charge in [-0.05, 0) is 72.7 Å². The number of aliphatic hydroxyl groups excluding tert-OH is 1. The van der Waals surface area contributed by atoms with Gasteiger partial charge in [0.25, 0.3) is 0 Å². The van der Waals surface area contributed by atoms with E-state index in [1.807, 2.05) is 97.1 Å². The number of likely N-dealkylation sites (tertiary alicyclic amines) is 1. The van der Waals surface area contributed by atoms with Gasteiger partial charge in [0, 0.05) is 42.3 Å². The smallest absolute Gasteiger partial charge is 0.319 e. The van der Waals surface area contributed by atoms with E-state index >= 15 is 0 Å². The maximum atomic E-state index is 13.0. The Balaban J connectivity index is 1.14. The number of carbonyl (C=O) groups excluding carboxylic acids is 2. The average molecular weight is 698 g/mol. The molecule has 0 bridgehead atoms. The normalized spacial score (nSPS) is 21.2. The van der Waals surface area contributed by atoms with Crippen LogP contribution in [0.4, 0.5) is 10.5 Å². The van der Waals surface area contributed by atoms with Crippen molar-refractivity contribution in [2.45, 2.75) is 69.4 Å². The van der Waals surface area contributed by atoms with E-state index in [4.69, 9.17) is 21.1 Å². The number of nitrogens with zero attached hydrogens (tertiary/aromatic N) is 1. The van der Waals surface area contributed by atoms with E-state index in [2.05, 4.69) is 15.5 Å². The van der Waals surface area contributed by atoms with Crippen molar-refractivity contribution in [3.8, 4) is 0 Å². The molecule has 0 saturated carbocycles. The molecule has 0 radical (unpaired) electrons. The second kappa shape index (κ2) is 16.3. The van der Waals surface area contributed by atoms with Crippen LogP contribution in [0.15, 0.2) is 103 Å². The maximum Gasteiger partial charge on any atom is 0.319 e. The molecule has 4 aromatic carbocycles. The van der Waals surface area contributed by atoms with Crippen molar-refractivity contribution in [1.82, 2.24) is 10.2 Å². The largest absolute Gasteiger partial charge is 0.392 e. The Labute approximate surface area is 298 Å². The summed E-state index contributed by atoms with van der Waals surface area (Å²) in [6.07, 6.45) is 1.06. The van der Waals surface area contributed by atoms with Gasteiger partial charge < -0.3 is 35.2 Å². The Kier molecular flexibility index (Phi) is 11.6. The molecule has 2 aliphatic heterocycles. The first kappa shape index (κ1) is 35.7. The first-order valence-electron chi connectivity index (χ1n) is 17.1. The fourth-order valence-electron chi connectivity index (χ4n) is 6.71. The topological polar surface area (TPSA) is 120 Å². The SMILES string of the molecule is CC(=O)[C@@H](Cc1ccccc1)NC(=O)Nc1cccc(C2O[C@H](CN3CCC(O)(c4ccc(Cl)cc4)CC3)C[C@H](c3ccc(CO)cc3)O2)c1. The van der Waals surface area contributed by atoms with E-state index in [-0.39, 0.29) is 24.6 Å². The second-order valence-corrected chi connectivity index (χ2v) is 13.7. The highest BCUT2D eigenvalue weighted by Gasteiger charge is 2.37. The molecular formula is C40H44ClN3O6. The summed E-state index contributed by atoms with van der Waals surface area (Å²) in [5.74, 6) is -0.130. The van der Waals surface area contributed by atoms with Crippen LogP contribution in [0.25, 0.3) is 0 Å². The summed E-state index contributed by atoms with van der Waals surface area (Å²) in [7, 11) is 0. The van der Waals surface area contributed by atoms with Gasteiger partial charge in [0.2, 0.25) is 0 Å². The number of urea groups is 1. The molecule has 50 heavy (non-hydrogen) atoms. The zero-order valence-electron chi connectivity index (χ0n) is 28.1. The molecule has 6 rings (SSSR count).